The lowest BCUT2D eigenvalue weighted by Gasteiger charge is -2.34. The maximum atomic E-state index is 9.53. The average Bonchev–Trinajstić information content (AvgIpc) is 3.33. The van der Waals surface area contributed by atoms with Gasteiger partial charge in [-0.1, -0.05) is 42.9 Å². The number of nitrogens with zero attached hydrogens (tertiary/aromatic N) is 3. The summed E-state index contributed by atoms with van der Waals surface area (Å²) in [5.41, 5.74) is 8.39. The molecular formula is C28H31N3O3. The SMILES string of the molecule is C=C(O)Cc1ccc(-c2cn(CC3(C)CCOCC3)c3cc(-c4c(C)noc4C)cnc23)cc1. The van der Waals surface area contributed by atoms with Crippen LogP contribution in [0, 0.1) is 19.3 Å². The molecule has 3 aromatic heterocycles. The van der Waals surface area contributed by atoms with Crippen molar-refractivity contribution in [2.75, 3.05) is 13.2 Å². The van der Waals surface area contributed by atoms with E-state index in [0.717, 1.165) is 82.9 Å². The molecule has 0 bridgehead atoms. The van der Waals surface area contributed by atoms with Gasteiger partial charge >= 0.3 is 0 Å². The first-order valence-electron chi connectivity index (χ1n) is 11.8. The van der Waals surface area contributed by atoms with E-state index in [-0.39, 0.29) is 11.2 Å². The van der Waals surface area contributed by atoms with E-state index in [4.69, 9.17) is 14.2 Å². The number of benzene rings is 1. The maximum absolute atomic E-state index is 9.53. The van der Waals surface area contributed by atoms with Gasteiger partial charge in [0.15, 0.2) is 0 Å². The highest BCUT2D eigenvalue weighted by atomic mass is 16.5. The second-order valence-electron chi connectivity index (χ2n) is 9.82. The van der Waals surface area contributed by atoms with Crippen molar-refractivity contribution < 1.29 is 14.4 Å². The van der Waals surface area contributed by atoms with Crippen LogP contribution in [0.5, 0.6) is 0 Å². The Morgan fingerprint density at radius 3 is 2.53 bits per heavy atom. The molecule has 1 aliphatic heterocycles. The lowest BCUT2D eigenvalue weighted by molar-refractivity contribution is 0.0161. The zero-order valence-electron chi connectivity index (χ0n) is 20.1. The predicted octanol–water partition coefficient (Wildman–Crippen LogP) is 6.41. The molecule has 176 valence electrons. The van der Waals surface area contributed by atoms with Gasteiger partial charge in [-0.25, -0.2) is 0 Å². The Labute approximate surface area is 199 Å². The van der Waals surface area contributed by atoms with E-state index in [2.05, 4.69) is 47.6 Å². The number of hydrogen-bond acceptors (Lipinski definition) is 5. The fourth-order valence-electron chi connectivity index (χ4n) is 5.01. The van der Waals surface area contributed by atoms with Crippen molar-refractivity contribution in [3.63, 3.8) is 0 Å². The number of hydrogen-bond donors (Lipinski definition) is 1. The van der Waals surface area contributed by atoms with Gasteiger partial charge in [-0.05, 0) is 49.3 Å². The highest BCUT2D eigenvalue weighted by molar-refractivity contribution is 5.95. The van der Waals surface area contributed by atoms with Crippen molar-refractivity contribution in [3.05, 3.63) is 72.1 Å². The molecule has 0 saturated carbocycles. The molecule has 0 spiro atoms. The molecule has 0 radical (unpaired) electrons. The second-order valence-corrected chi connectivity index (χ2v) is 9.82. The predicted molar refractivity (Wildman–Crippen MR) is 134 cm³/mol. The van der Waals surface area contributed by atoms with Gasteiger partial charge in [0.1, 0.15) is 5.76 Å². The molecule has 6 nitrogen and oxygen atoms in total. The van der Waals surface area contributed by atoms with Crippen LogP contribution in [-0.4, -0.2) is 33.0 Å². The zero-order chi connectivity index (χ0) is 23.9. The summed E-state index contributed by atoms with van der Waals surface area (Å²) in [6.07, 6.45) is 6.69. The lowest BCUT2D eigenvalue weighted by Crippen LogP contribution is -2.30. The van der Waals surface area contributed by atoms with Crippen LogP contribution in [0.4, 0.5) is 0 Å². The van der Waals surface area contributed by atoms with Crippen molar-refractivity contribution >= 4 is 11.0 Å². The van der Waals surface area contributed by atoms with E-state index in [1.807, 2.05) is 32.2 Å². The normalized spacial score (nSPS) is 15.6. The summed E-state index contributed by atoms with van der Waals surface area (Å²) in [5, 5.41) is 13.7. The van der Waals surface area contributed by atoms with Crippen molar-refractivity contribution in [1.29, 1.82) is 0 Å². The van der Waals surface area contributed by atoms with Gasteiger partial charge in [0.2, 0.25) is 0 Å². The van der Waals surface area contributed by atoms with Crippen LogP contribution in [0.15, 0.2) is 59.6 Å². The molecule has 1 saturated heterocycles. The minimum absolute atomic E-state index is 0.169. The first-order chi connectivity index (χ1) is 16.3. The Morgan fingerprint density at radius 1 is 1.15 bits per heavy atom. The number of aliphatic hydroxyl groups is 1. The third kappa shape index (κ3) is 4.26. The third-order valence-electron chi connectivity index (χ3n) is 6.96. The van der Waals surface area contributed by atoms with Crippen molar-refractivity contribution in [2.24, 2.45) is 5.41 Å². The molecule has 0 aliphatic carbocycles. The maximum Gasteiger partial charge on any atom is 0.141 e. The monoisotopic (exact) mass is 457 g/mol. The summed E-state index contributed by atoms with van der Waals surface area (Å²) in [6, 6.07) is 10.5. The van der Waals surface area contributed by atoms with Crippen LogP contribution in [-0.2, 0) is 17.7 Å². The van der Waals surface area contributed by atoms with Gasteiger partial charge in [0.05, 0.1) is 22.5 Å². The second kappa shape index (κ2) is 8.76. The highest BCUT2D eigenvalue weighted by Gasteiger charge is 2.29. The number of pyridine rings is 1. The Balaban J connectivity index is 1.62. The van der Waals surface area contributed by atoms with Gasteiger partial charge in [-0.2, -0.15) is 0 Å². The van der Waals surface area contributed by atoms with E-state index in [1.165, 1.54) is 0 Å². The summed E-state index contributed by atoms with van der Waals surface area (Å²) in [6.45, 7) is 12.4. The minimum Gasteiger partial charge on any atom is -0.513 e. The summed E-state index contributed by atoms with van der Waals surface area (Å²) in [7, 11) is 0. The summed E-state index contributed by atoms with van der Waals surface area (Å²) in [4.78, 5) is 4.93. The van der Waals surface area contributed by atoms with Gasteiger partial charge in [0.25, 0.3) is 0 Å². The molecule has 4 heterocycles. The number of aromatic nitrogens is 3. The molecule has 34 heavy (non-hydrogen) atoms. The van der Waals surface area contributed by atoms with E-state index in [0.29, 0.717) is 6.42 Å². The van der Waals surface area contributed by atoms with E-state index >= 15 is 0 Å². The topological polar surface area (TPSA) is 73.3 Å². The molecule has 1 aliphatic rings. The van der Waals surface area contributed by atoms with Gasteiger partial charge in [-0.3, -0.25) is 4.98 Å². The van der Waals surface area contributed by atoms with Crippen LogP contribution in [0.25, 0.3) is 33.3 Å². The number of ether oxygens (including phenoxy) is 1. The third-order valence-corrected chi connectivity index (χ3v) is 6.96. The summed E-state index contributed by atoms with van der Waals surface area (Å²) >= 11 is 0. The molecule has 1 aromatic carbocycles. The van der Waals surface area contributed by atoms with E-state index < -0.39 is 0 Å². The molecule has 0 unspecified atom stereocenters. The molecule has 5 rings (SSSR count). The number of aryl methyl sites for hydroxylation is 2. The Kier molecular flexibility index (Phi) is 5.78. The highest BCUT2D eigenvalue weighted by Crippen LogP contribution is 2.38. The first kappa shape index (κ1) is 22.4. The summed E-state index contributed by atoms with van der Waals surface area (Å²) in [5.74, 6) is 0.969. The van der Waals surface area contributed by atoms with Gasteiger partial charge in [0, 0.05) is 55.3 Å². The Bertz CT molecular complexity index is 1320. The number of allylic oxidation sites excluding steroid dienone is 1. The quantitative estimate of drug-likeness (QED) is 0.339. The first-order valence-corrected chi connectivity index (χ1v) is 11.8. The minimum atomic E-state index is 0.169. The number of aliphatic hydroxyl groups excluding tert-OH is 1. The molecule has 1 N–H and O–H groups in total. The van der Waals surface area contributed by atoms with Crippen LogP contribution < -0.4 is 0 Å². The average molecular weight is 458 g/mol. The van der Waals surface area contributed by atoms with Crippen molar-refractivity contribution in [2.45, 2.75) is 46.6 Å². The smallest absolute Gasteiger partial charge is 0.141 e. The molecular weight excluding hydrogens is 426 g/mol. The standard InChI is InChI=1S/C28H31N3O3/c1-18(32)13-21-5-7-22(8-6-21)24-16-31(17-28(4)9-11-33-12-10-28)25-14-23(15-29-27(24)25)26-19(2)30-34-20(26)3/h5-8,14-16,32H,1,9-13,17H2,2-4H3. The van der Waals surface area contributed by atoms with Crippen LogP contribution in [0.2, 0.25) is 0 Å². The fraction of sp³-hybridized carbons (Fsp3) is 0.357. The van der Waals surface area contributed by atoms with Gasteiger partial charge < -0.3 is 18.9 Å². The number of fused-ring (bicyclic) bond motifs is 1. The van der Waals surface area contributed by atoms with E-state index in [1.54, 1.807) is 0 Å². The molecule has 6 heteroatoms. The van der Waals surface area contributed by atoms with Crippen molar-refractivity contribution in [3.8, 4) is 22.3 Å². The van der Waals surface area contributed by atoms with Crippen LogP contribution >= 0.6 is 0 Å². The van der Waals surface area contributed by atoms with Crippen molar-refractivity contribution in [1.82, 2.24) is 14.7 Å². The van der Waals surface area contributed by atoms with Gasteiger partial charge in [-0.15, -0.1) is 0 Å². The fourth-order valence-corrected chi connectivity index (χ4v) is 5.01. The zero-order valence-corrected chi connectivity index (χ0v) is 20.1. The van der Waals surface area contributed by atoms with Crippen LogP contribution in [0.1, 0.15) is 36.8 Å². The molecule has 0 amide bonds. The Hall–Kier alpha value is -3.38. The molecule has 1 fully saturated rings. The van der Waals surface area contributed by atoms with Crippen LogP contribution in [0.3, 0.4) is 0 Å². The van der Waals surface area contributed by atoms with E-state index in [9.17, 15) is 5.11 Å². The lowest BCUT2D eigenvalue weighted by atomic mass is 9.82. The number of rotatable bonds is 6. The largest absolute Gasteiger partial charge is 0.513 e. The molecule has 4 aromatic rings. The summed E-state index contributed by atoms with van der Waals surface area (Å²) < 4.78 is 13.4. The Morgan fingerprint density at radius 2 is 1.88 bits per heavy atom. The molecule has 0 atom stereocenters.